The van der Waals surface area contributed by atoms with Crippen LogP contribution >= 0.6 is 23.2 Å². The molecule has 1 heterocycles. The van der Waals surface area contributed by atoms with Crippen LogP contribution in [-0.2, 0) is 6.42 Å². The number of hydrogen-bond acceptors (Lipinski definition) is 4. The van der Waals surface area contributed by atoms with Crippen molar-refractivity contribution < 1.29 is 9.21 Å². The summed E-state index contributed by atoms with van der Waals surface area (Å²) < 4.78 is 5.58. The lowest BCUT2D eigenvalue weighted by atomic mass is 10.2. The number of halogens is 2. The van der Waals surface area contributed by atoms with E-state index in [2.05, 4.69) is 15.5 Å². The van der Waals surface area contributed by atoms with Crippen molar-refractivity contribution in [3.8, 4) is 11.5 Å². The van der Waals surface area contributed by atoms with Gasteiger partial charge in [0.2, 0.25) is 11.8 Å². The summed E-state index contributed by atoms with van der Waals surface area (Å²) in [5.41, 5.74) is 1.30. The summed E-state index contributed by atoms with van der Waals surface area (Å²) in [5.74, 6) is 0.670. The number of amides is 1. The van der Waals surface area contributed by atoms with Gasteiger partial charge in [-0.25, -0.2) is 0 Å². The van der Waals surface area contributed by atoms with Crippen LogP contribution in [-0.4, -0.2) is 22.6 Å². The third kappa shape index (κ3) is 4.13. The minimum atomic E-state index is -0.199. The Morgan fingerprint density at radius 2 is 1.83 bits per heavy atom. The monoisotopic (exact) mass is 361 g/mol. The molecule has 3 rings (SSSR count). The van der Waals surface area contributed by atoms with Crippen LogP contribution in [0.15, 0.2) is 52.9 Å². The van der Waals surface area contributed by atoms with Crippen LogP contribution in [0.1, 0.15) is 16.2 Å². The molecule has 0 fully saturated rings. The minimum Gasteiger partial charge on any atom is -0.421 e. The van der Waals surface area contributed by atoms with E-state index >= 15 is 0 Å². The Balaban J connectivity index is 1.56. The molecular formula is C17H13Cl2N3O2. The van der Waals surface area contributed by atoms with Gasteiger partial charge in [0.1, 0.15) is 0 Å². The smallest absolute Gasteiger partial charge is 0.251 e. The molecule has 1 amide bonds. The molecule has 122 valence electrons. The lowest BCUT2D eigenvalue weighted by molar-refractivity contribution is 0.0953. The maximum atomic E-state index is 12.0. The quantitative estimate of drug-likeness (QED) is 0.745. The average Bonchev–Trinajstić information content (AvgIpc) is 3.04. The molecule has 5 nitrogen and oxygen atoms in total. The van der Waals surface area contributed by atoms with Crippen molar-refractivity contribution >= 4 is 29.1 Å². The predicted molar refractivity (Wildman–Crippen MR) is 92.2 cm³/mol. The summed E-state index contributed by atoms with van der Waals surface area (Å²) in [4.78, 5) is 12.0. The van der Waals surface area contributed by atoms with Gasteiger partial charge in [-0.1, -0.05) is 29.3 Å². The minimum absolute atomic E-state index is 0.199. The second-order valence-corrected chi connectivity index (χ2v) is 5.90. The highest BCUT2D eigenvalue weighted by Crippen LogP contribution is 2.20. The average molecular weight is 362 g/mol. The fraction of sp³-hybridized carbons (Fsp3) is 0.118. The molecule has 0 aliphatic carbocycles. The summed E-state index contributed by atoms with van der Waals surface area (Å²) in [5, 5.41) is 11.9. The van der Waals surface area contributed by atoms with Crippen molar-refractivity contribution in [3.05, 3.63) is 70.0 Å². The Morgan fingerprint density at radius 1 is 1.04 bits per heavy atom. The Kier molecular flexibility index (Phi) is 5.13. The maximum Gasteiger partial charge on any atom is 0.251 e. The predicted octanol–water partition coefficient (Wildman–Crippen LogP) is 4.02. The van der Waals surface area contributed by atoms with Gasteiger partial charge in [0, 0.05) is 34.1 Å². The van der Waals surface area contributed by atoms with Gasteiger partial charge in [0.05, 0.1) is 0 Å². The third-order valence-corrected chi connectivity index (χ3v) is 3.76. The molecule has 2 aromatic carbocycles. The van der Waals surface area contributed by atoms with Gasteiger partial charge < -0.3 is 9.73 Å². The SMILES string of the molecule is O=C(NCCc1nnc(-c2ccc(Cl)cc2)o1)c1cccc(Cl)c1. The number of rotatable bonds is 5. The van der Waals surface area contributed by atoms with Crippen LogP contribution in [0, 0.1) is 0 Å². The first-order chi connectivity index (χ1) is 11.6. The molecule has 0 spiro atoms. The number of aromatic nitrogens is 2. The van der Waals surface area contributed by atoms with Crippen LogP contribution < -0.4 is 5.32 Å². The number of benzene rings is 2. The lowest BCUT2D eigenvalue weighted by Crippen LogP contribution is -2.25. The summed E-state index contributed by atoms with van der Waals surface area (Å²) in [6, 6.07) is 13.9. The number of carbonyl (C=O) groups excluding carboxylic acids is 1. The second kappa shape index (κ2) is 7.47. The fourth-order valence-electron chi connectivity index (χ4n) is 2.08. The lowest BCUT2D eigenvalue weighted by Gasteiger charge is -2.03. The highest BCUT2D eigenvalue weighted by atomic mass is 35.5. The van der Waals surface area contributed by atoms with Gasteiger partial charge in [-0.2, -0.15) is 0 Å². The Morgan fingerprint density at radius 3 is 2.58 bits per heavy atom. The van der Waals surface area contributed by atoms with E-state index in [-0.39, 0.29) is 5.91 Å². The summed E-state index contributed by atoms with van der Waals surface area (Å²) in [6.45, 7) is 0.383. The van der Waals surface area contributed by atoms with E-state index < -0.39 is 0 Å². The number of nitrogens with one attached hydrogen (secondary N) is 1. The van der Waals surface area contributed by atoms with Crippen LogP contribution in [0.4, 0.5) is 0 Å². The largest absolute Gasteiger partial charge is 0.421 e. The first-order valence-corrected chi connectivity index (χ1v) is 7.99. The van der Waals surface area contributed by atoms with E-state index in [1.807, 2.05) is 0 Å². The molecule has 0 saturated heterocycles. The molecule has 0 radical (unpaired) electrons. The van der Waals surface area contributed by atoms with Crippen molar-refractivity contribution in [1.29, 1.82) is 0 Å². The van der Waals surface area contributed by atoms with Gasteiger partial charge in [0.15, 0.2) is 0 Å². The van der Waals surface area contributed by atoms with E-state index in [1.54, 1.807) is 48.5 Å². The molecule has 0 aliphatic heterocycles. The topological polar surface area (TPSA) is 68.0 Å². The maximum absolute atomic E-state index is 12.0. The van der Waals surface area contributed by atoms with Gasteiger partial charge in [0.25, 0.3) is 5.91 Å². The van der Waals surface area contributed by atoms with E-state index in [9.17, 15) is 4.79 Å². The molecule has 24 heavy (non-hydrogen) atoms. The van der Waals surface area contributed by atoms with Crippen molar-refractivity contribution in [3.63, 3.8) is 0 Å². The van der Waals surface area contributed by atoms with Gasteiger partial charge in [-0.3, -0.25) is 4.79 Å². The molecule has 0 bridgehead atoms. The Hall–Kier alpha value is -2.37. The van der Waals surface area contributed by atoms with Crippen molar-refractivity contribution in [2.45, 2.75) is 6.42 Å². The van der Waals surface area contributed by atoms with E-state index in [0.29, 0.717) is 40.4 Å². The molecule has 0 saturated carbocycles. The first-order valence-electron chi connectivity index (χ1n) is 7.24. The zero-order valence-electron chi connectivity index (χ0n) is 12.5. The number of nitrogens with zero attached hydrogens (tertiary/aromatic N) is 2. The summed E-state index contributed by atoms with van der Waals surface area (Å²) in [7, 11) is 0. The zero-order chi connectivity index (χ0) is 16.9. The van der Waals surface area contributed by atoms with Gasteiger partial charge in [-0.15, -0.1) is 10.2 Å². The van der Waals surface area contributed by atoms with Crippen LogP contribution in [0.25, 0.3) is 11.5 Å². The van der Waals surface area contributed by atoms with Crippen molar-refractivity contribution in [2.75, 3.05) is 6.54 Å². The van der Waals surface area contributed by atoms with E-state index in [4.69, 9.17) is 27.6 Å². The molecule has 1 N–H and O–H groups in total. The van der Waals surface area contributed by atoms with Gasteiger partial charge >= 0.3 is 0 Å². The van der Waals surface area contributed by atoms with Crippen LogP contribution in [0.2, 0.25) is 10.0 Å². The Labute approximate surface area is 148 Å². The highest BCUT2D eigenvalue weighted by molar-refractivity contribution is 6.31. The van der Waals surface area contributed by atoms with Crippen LogP contribution in [0.5, 0.6) is 0 Å². The second-order valence-electron chi connectivity index (χ2n) is 5.02. The molecule has 0 unspecified atom stereocenters. The van der Waals surface area contributed by atoms with E-state index in [1.165, 1.54) is 0 Å². The molecular weight excluding hydrogens is 349 g/mol. The Bertz CT molecular complexity index is 847. The zero-order valence-corrected chi connectivity index (χ0v) is 14.0. The molecule has 3 aromatic rings. The standard InChI is InChI=1S/C17H13Cl2N3O2/c18-13-6-4-11(5-7-13)17-22-21-15(24-17)8-9-20-16(23)12-2-1-3-14(19)10-12/h1-7,10H,8-9H2,(H,20,23). The molecule has 0 atom stereocenters. The normalized spacial score (nSPS) is 10.6. The van der Waals surface area contributed by atoms with E-state index in [0.717, 1.165) is 5.56 Å². The first kappa shape index (κ1) is 16.5. The van der Waals surface area contributed by atoms with Gasteiger partial charge in [-0.05, 0) is 42.5 Å². The number of carbonyl (C=O) groups is 1. The fourth-order valence-corrected chi connectivity index (χ4v) is 2.39. The third-order valence-electron chi connectivity index (χ3n) is 3.27. The highest BCUT2D eigenvalue weighted by Gasteiger charge is 2.10. The van der Waals surface area contributed by atoms with Crippen molar-refractivity contribution in [2.24, 2.45) is 0 Å². The molecule has 0 aliphatic rings. The van der Waals surface area contributed by atoms with Crippen LogP contribution in [0.3, 0.4) is 0 Å². The summed E-state index contributed by atoms with van der Waals surface area (Å²) >= 11 is 11.7. The molecule has 1 aromatic heterocycles. The molecule has 7 heteroatoms. The number of hydrogen-bond donors (Lipinski definition) is 1. The van der Waals surface area contributed by atoms with Crippen molar-refractivity contribution in [1.82, 2.24) is 15.5 Å². The summed E-state index contributed by atoms with van der Waals surface area (Å²) in [6.07, 6.45) is 0.437.